The molecule has 0 saturated carbocycles. The summed E-state index contributed by atoms with van der Waals surface area (Å²) in [5, 5.41) is 10.0. The number of rotatable bonds is 4. The highest BCUT2D eigenvalue weighted by Crippen LogP contribution is 2.14. The molecule has 2 aromatic rings. The van der Waals surface area contributed by atoms with Crippen LogP contribution in [0.25, 0.3) is 10.8 Å². The monoisotopic (exact) mass is 201 g/mol. The molecule has 2 N–H and O–H groups in total. The zero-order valence-corrected chi connectivity index (χ0v) is 8.69. The first-order valence-electron chi connectivity index (χ1n) is 5.29. The van der Waals surface area contributed by atoms with Crippen LogP contribution in [0.1, 0.15) is 18.4 Å². The molecule has 0 bridgehead atoms. The molecular weight excluding hydrogens is 186 g/mol. The predicted octanol–water partition coefficient (Wildman–Crippen LogP) is 1.91. The molecule has 0 fully saturated rings. The number of benzene rings is 1. The van der Waals surface area contributed by atoms with Gasteiger partial charge in [0.05, 0.1) is 12.4 Å². The Bertz CT molecular complexity index is 440. The van der Waals surface area contributed by atoms with Crippen LogP contribution in [0.4, 0.5) is 0 Å². The van der Waals surface area contributed by atoms with Crippen LogP contribution in [-0.4, -0.2) is 16.7 Å². The predicted molar refractivity (Wildman–Crippen MR) is 61.5 cm³/mol. The minimum atomic E-state index is 0.777. The highest BCUT2D eigenvalue weighted by atomic mass is 15.1. The highest BCUT2D eigenvalue weighted by Gasteiger charge is 1.96. The zero-order valence-electron chi connectivity index (χ0n) is 8.69. The van der Waals surface area contributed by atoms with Crippen molar-refractivity contribution in [3.05, 3.63) is 36.2 Å². The van der Waals surface area contributed by atoms with Crippen molar-refractivity contribution in [2.75, 3.05) is 6.54 Å². The number of hydrogen-bond acceptors (Lipinski definition) is 3. The number of unbranched alkanes of at least 4 members (excludes halogenated alkanes) is 1. The summed E-state index contributed by atoms with van der Waals surface area (Å²) in [6.07, 6.45) is 6.93. The second-order valence-corrected chi connectivity index (χ2v) is 3.70. The van der Waals surface area contributed by atoms with E-state index in [1.807, 2.05) is 6.20 Å². The van der Waals surface area contributed by atoms with Gasteiger partial charge < -0.3 is 5.73 Å². The summed E-state index contributed by atoms with van der Waals surface area (Å²) in [4.78, 5) is 0. The molecule has 1 aromatic carbocycles. The second-order valence-electron chi connectivity index (χ2n) is 3.70. The minimum Gasteiger partial charge on any atom is -0.330 e. The van der Waals surface area contributed by atoms with Crippen molar-refractivity contribution in [3.8, 4) is 0 Å². The fourth-order valence-corrected chi connectivity index (χ4v) is 1.67. The number of nitrogens with zero attached hydrogens (tertiary/aromatic N) is 2. The van der Waals surface area contributed by atoms with Gasteiger partial charge in [-0.3, -0.25) is 0 Å². The van der Waals surface area contributed by atoms with Crippen molar-refractivity contribution >= 4 is 10.8 Å². The summed E-state index contributed by atoms with van der Waals surface area (Å²) in [6.45, 7) is 0.777. The van der Waals surface area contributed by atoms with Gasteiger partial charge in [-0.05, 0) is 37.4 Å². The van der Waals surface area contributed by atoms with Gasteiger partial charge in [0.25, 0.3) is 0 Å². The van der Waals surface area contributed by atoms with E-state index in [2.05, 4.69) is 28.4 Å². The van der Waals surface area contributed by atoms with E-state index in [1.165, 1.54) is 5.56 Å². The molecule has 0 radical (unpaired) electrons. The van der Waals surface area contributed by atoms with Gasteiger partial charge in [0, 0.05) is 10.8 Å². The summed E-state index contributed by atoms with van der Waals surface area (Å²) >= 11 is 0. The third kappa shape index (κ3) is 2.50. The molecular formula is C12H15N3. The first-order valence-corrected chi connectivity index (χ1v) is 5.29. The number of fused-ring (bicyclic) bond motifs is 1. The number of aromatic nitrogens is 2. The quantitative estimate of drug-likeness (QED) is 0.769. The molecule has 1 heterocycles. The SMILES string of the molecule is NCCCCc1ccc2cnncc2c1. The van der Waals surface area contributed by atoms with E-state index in [4.69, 9.17) is 5.73 Å². The Kier molecular flexibility index (Phi) is 3.25. The van der Waals surface area contributed by atoms with Crippen LogP contribution in [0.5, 0.6) is 0 Å². The van der Waals surface area contributed by atoms with E-state index in [-0.39, 0.29) is 0 Å². The van der Waals surface area contributed by atoms with Crippen LogP contribution in [-0.2, 0) is 6.42 Å². The lowest BCUT2D eigenvalue weighted by molar-refractivity contribution is 0.745. The lowest BCUT2D eigenvalue weighted by Crippen LogP contribution is -1.98. The van der Waals surface area contributed by atoms with Crippen molar-refractivity contribution in [3.63, 3.8) is 0 Å². The Morgan fingerprint density at radius 3 is 2.60 bits per heavy atom. The fraction of sp³-hybridized carbons (Fsp3) is 0.333. The van der Waals surface area contributed by atoms with Crippen LogP contribution in [0, 0.1) is 0 Å². The molecule has 15 heavy (non-hydrogen) atoms. The molecule has 78 valence electrons. The molecule has 0 atom stereocenters. The maximum atomic E-state index is 5.46. The van der Waals surface area contributed by atoms with Crippen LogP contribution in [0.2, 0.25) is 0 Å². The van der Waals surface area contributed by atoms with Gasteiger partial charge in [-0.15, -0.1) is 0 Å². The maximum Gasteiger partial charge on any atom is 0.0574 e. The number of nitrogens with two attached hydrogens (primary N) is 1. The molecule has 3 nitrogen and oxygen atoms in total. The van der Waals surface area contributed by atoms with Crippen molar-refractivity contribution < 1.29 is 0 Å². The van der Waals surface area contributed by atoms with Gasteiger partial charge in [-0.25, -0.2) is 0 Å². The van der Waals surface area contributed by atoms with Crippen molar-refractivity contribution in [1.82, 2.24) is 10.2 Å². The summed E-state index contributed by atoms with van der Waals surface area (Å²) in [6, 6.07) is 6.43. The number of aryl methyl sites for hydroxylation is 1. The first kappa shape index (κ1) is 10.1. The molecule has 0 aliphatic carbocycles. The molecule has 2 rings (SSSR count). The summed E-state index contributed by atoms with van der Waals surface area (Å²) in [7, 11) is 0. The lowest BCUT2D eigenvalue weighted by Gasteiger charge is -2.02. The van der Waals surface area contributed by atoms with E-state index >= 15 is 0 Å². The topological polar surface area (TPSA) is 51.8 Å². The van der Waals surface area contributed by atoms with Gasteiger partial charge in [0.1, 0.15) is 0 Å². The van der Waals surface area contributed by atoms with E-state index in [9.17, 15) is 0 Å². The normalized spacial score (nSPS) is 10.7. The maximum absolute atomic E-state index is 5.46. The lowest BCUT2D eigenvalue weighted by atomic mass is 10.1. The van der Waals surface area contributed by atoms with Crippen molar-refractivity contribution in [2.45, 2.75) is 19.3 Å². The van der Waals surface area contributed by atoms with Gasteiger partial charge in [0.15, 0.2) is 0 Å². The molecule has 0 aliphatic rings. The molecule has 3 heteroatoms. The molecule has 0 saturated heterocycles. The minimum absolute atomic E-state index is 0.777. The van der Waals surface area contributed by atoms with Crippen LogP contribution in [0.3, 0.4) is 0 Å². The smallest absolute Gasteiger partial charge is 0.0574 e. The summed E-state index contributed by atoms with van der Waals surface area (Å²) in [5.41, 5.74) is 6.82. The molecule has 1 aromatic heterocycles. The number of hydrogen-bond donors (Lipinski definition) is 1. The van der Waals surface area contributed by atoms with Gasteiger partial charge in [-0.2, -0.15) is 10.2 Å². The molecule has 0 spiro atoms. The van der Waals surface area contributed by atoms with E-state index in [1.54, 1.807) is 6.20 Å². The van der Waals surface area contributed by atoms with Crippen LogP contribution < -0.4 is 5.73 Å². The summed E-state index contributed by atoms with van der Waals surface area (Å²) in [5.74, 6) is 0. The van der Waals surface area contributed by atoms with Crippen LogP contribution >= 0.6 is 0 Å². The average Bonchev–Trinajstić information content (AvgIpc) is 2.29. The zero-order chi connectivity index (χ0) is 10.5. The second kappa shape index (κ2) is 4.84. The van der Waals surface area contributed by atoms with Gasteiger partial charge in [-0.1, -0.05) is 12.1 Å². The fourth-order valence-electron chi connectivity index (χ4n) is 1.67. The third-order valence-corrected chi connectivity index (χ3v) is 2.53. The molecule has 0 aliphatic heterocycles. The standard InChI is InChI=1S/C12H15N3/c13-6-2-1-3-10-4-5-11-8-14-15-9-12(11)7-10/h4-5,7-9H,1-3,6,13H2. The summed E-state index contributed by atoms with van der Waals surface area (Å²) < 4.78 is 0. The van der Waals surface area contributed by atoms with Gasteiger partial charge >= 0.3 is 0 Å². The third-order valence-electron chi connectivity index (χ3n) is 2.53. The van der Waals surface area contributed by atoms with Crippen molar-refractivity contribution in [2.24, 2.45) is 5.73 Å². The van der Waals surface area contributed by atoms with E-state index in [0.29, 0.717) is 0 Å². The Hall–Kier alpha value is -1.48. The van der Waals surface area contributed by atoms with Gasteiger partial charge in [0.2, 0.25) is 0 Å². The van der Waals surface area contributed by atoms with Crippen molar-refractivity contribution in [1.29, 1.82) is 0 Å². The highest BCUT2D eigenvalue weighted by molar-refractivity contribution is 5.81. The first-order chi connectivity index (χ1) is 7.40. The Morgan fingerprint density at radius 1 is 1.00 bits per heavy atom. The van der Waals surface area contributed by atoms with Crippen LogP contribution in [0.15, 0.2) is 30.6 Å². The molecule has 0 unspecified atom stereocenters. The Morgan fingerprint density at radius 2 is 1.80 bits per heavy atom. The Balaban J connectivity index is 2.16. The van der Waals surface area contributed by atoms with E-state index in [0.717, 1.165) is 36.6 Å². The Labute approximate surface area is 89.3 Å². The molecule has 0 amide bonds. The average molecular weight is 201 g/mol. The largest absolute Gasteiger partial charge is 0.330 e. The van der Waals surface area contributed by atoms with E-state index < -0.39 is 0 Å².